The van der Waals surface area contributed by atoms with Crippen LogP contribution in [0.2, 0.25) is 0 Å². The van der Waals surface area contributed by atoms with Gasteiger partial charge in [-0.25, -0.2) is 9.97 Å². The van der Waals surface area contributed by atoms with Crippen molar-refractivity contribution in [3.05, 3.63) is 65.2 Å². The Labute approximate surface area is 157 Å². The van der Waals surface area contributed by atoms with Gasteiger partial charge in [0.25, 0.3) is 0 Å². The lowest BCUT2D eigenvalue weighted by Crippen LogP contribution is -2.33. The fourth-order valence-corrected chi connectivity index (χ4v) is 2.89. The van der Waals surface area contributed by atoms with E-state index in [4.69, 9.17) is 4.74 Å². The average Bonchev–Trinajstić information content (AvgIpc) is 3.12. The minimum atomic E-state index is -0.0907. The van der Waals surface area contributed by atoms with Gasteiger partial charge in [-0.3, -0.25) is 5.10 Å². The lowest BCUT2D eigenvalue weighted by molar-refractivity contribution is 0.0249. The van der Waals surface area contributed by atoms with Crippen molar-refractivity contribution in [1.82, 2.24) is 25.5 Å². The summed E-state index contributed by atoms with van der Waals surface area (Å²) in [5.41, 5.74) is 2.93. The van der Waals surface area contributed by atoms with Gasteiger partial charge in [-0.1, -0.05) is 36.4 Å². The third-order valence-corrected chi connectivity index (χ3v) is 4.21. The van der Waals surface area contributed by atoms with Crippen LogP contribution < -0.4 is 10.6 Å². The lowest BCUT2D eigenvalue weighted by atomic mass is 10.2. The predicted octanol–water partition coefficient (Wildman–Crippen LogP) is 3.08. The van der Waals surface area contributed by atoms with Gasteiger partial charge >= 0.3 is 0 Å². The maximum absolute atomic E-state index is 5.86. The van der Waals surface area contributed by atoms with Gasteiger partial charge in [0.1, 0.15) is 11.9 Å². The van der Waals surface area contributed by atoms with Gasteiger partial charge < -0.3 is 15.4 Å². The molecule has 27 heavy (non-hydrogen) atoms. The van der Waals surface area contributed by atoms with E-state index in [-0.39, 0.29) is 6.10 Å². The van der Waals surface area contributed by atoms with Crippen molar-refractivity contribution in [2.75, 3.05) is 25.0 Å². The summed E-state index contributed by atoms with van der Waals surface area (Å²) in [6.07, 6.45) is 3.82. The van der Waals surface area contributed by atoms with Crippen LogP contribution in [0.25, 0.3) is 12.2 Å². The molecule has 3 heterocycles. The number of H-pyrrole nitrogens is 1. The topological polar surface area (TPSA) is 87.8 Å². The smallest absolute Gasteiger partial charge is 0.154 e. The first-order valence-corrected chi connectivity index (χ1v) is 9.00. The molecule has 1 aliphatic rings. The summed E-state index contributed by atoms with van der Waals surface area (Å²) in [5, 5.41) is 13.7. The number of aryl methyl sites for hydroxylation is 1. The van der Waals surface area contributed by atoms with Gasteiger partial charge in [0.2, 0.25) is 0 Å². The number of morpholine rings is 1. The van der Waals surface area contributed by atoms with E-state index in [2.05, 4.69) is 30.8 Å². The second-order valence-corrected chi connectivity index (χ2v) is 6.41. The molecule has 1 fully saturated rings. The Morgan fingerprint density at radius 1 is 1.11 bits per heavy atom. The molecule has 1 aromatic carbocycles. The minimum Gasteiger partial charge on any atom is -0.369 e. The molecule has 0 aliphatic carbocycles. The molecule has 1 saturated heterocycles. The molecular formula is C20H22N6O. The molecule has 1 unspecified atom stereocenters. The Kier molecular flexibility index (Phi) is 5.22. The van der Waals surface area contributed by atoms with E-state index in [9.17, 15) is 0 Å². The predicted molar refractivity (Wildman–Crippen MR) is 106 cm³/mol. The van der Waals surface area contributed by atoms with E-state index >= 15 is 0 Å². The second kappa shape index (κ2) is 8.11. The highest BCUT2D eigenvalue weighted by Gasteiger charge is 2.19. The van der Waals surface area contributed by atoms with E-state index in [0.717, 1.165) is 35.9 Å². The number of hydrogen-bond donors (Lipinski definition) is 3. The van der Waals surface area contributed by atoms with E-state index in [1.54, 1.807) is 0 Å². The van der Waals surface area contributed by atoms with Crippen molar-refractivity contribution in [3.8, 4) is 0 Å². The van der Waals surface area contributed by atoms with E-state index < -0.39 is 0 Å². The molecule has 0 spiro atoms. The molecule has 0 saturated carbocycles. The molecule has 3 aromatic rings. The van der Waals surface area contributed by atoms with Gasteiger partial charge in [-0.05, 0) is 18.6 Å². The molecule has 138 valence electrons. The number of aromatic nitrogens is 4. The van der Waals surface area contributed by atoms with E-state index in [1.165, 1.54) is 0 Å². The van der Waals surface area contributed by atoms with Gasteiger partial charge in [0.15, 0.2) is 11.6 Å². The van der Waals surface area contributed by atoms with Gasteiger partial charge in [-0.2, -0.15) is 5.10 Å². The maximum atomic E-state index is 5.86. The molecule has 7 heteroatoms. The Balaban J connectivity index is 1.64. The average molecular weight is 362 g/mol. The summed E-state index contributed by atoms with van der Waals surface area (Å²) in [4.78, 5) is 9.30. The minimum absolute atomic E-state index is 0.0907. The molecule has 0 bridgehead atoms. The van der Waals surface area contributed by atoms with Gasteiger partial charge in [0.05, 0.1) is 12.3 Å². The molecule has 2 aromatic heterocycles. The number of benzene rings is 1. The van der Waals surface area contributed by atoms with Crippen LogP contribution in [0.5, 0.6) is 0 Å². The Bertz CT molecular complexity index is 915. The summed E-state index contributed by atoms with van der Waals surface area (Å²) in [5.74, 6) is 2.03. The largest absolute Gasteiger partial charge is 0.369 e. The SMILES string of the molecule is Cc1cc(Nc2cc(C3CNCCO3)nc(/C=C/c3ccccc3)n2)n[nH]1. The highest BCUT2D eigenvalue weighted by molar-refractivity contribution is 5.67. The number of nitrogens with one attached hydrogen (secondary N) is 3. The fraction of sp³-hybridized carbons (Fsp3) is 0.250. The van der Waals surface area contributed by atoms with Crippen molar-refractivity contribution in [1.29, 1.82) is 0 Å². The van der Waals surface area contributed by atoms with Crippen LogP contribution in [0.15, 0.2) is 42.5 Å². The first kappa shape index (κ1) is 17.4. The molecule has 1 atom stereocenters. The number of rotatable bonds is 5. The molecule has 0 radical (unpaired) electrons. The zero-order valence-electron chi connectivity index (χ0n) is 15.1. The molecule has 3 N–H and O–H groups in total. The Hall–Kier alpha value is -3.03. The number of nitrogens with zero attached hydrogens (tertiary/aromatic N) is 3. The van der Waals surface area contributed by atoms with Crippen LogP contribution in [-0.2, 0) is 4.74 Å². The van der Waals surface area contributed by atoms with E-state index in [0.29, 0.717) is 18.2 Å². The molecule has 7 nitrogen and oxygen atoms in total. The summed E-state index contributed by atoms with van der Waals surface area (Å²) < 4.78 is 5.86. The third-order valence-electron chi connectivity index (χ3n) is 4.21. The lowest BCUT2D eigenvalue weighted by Gasteiger charge is -2.23. The van der Waals surface area contributed by atoms with Crippen LogP contribution >= 0.6 is 0 Å². The number of ether oxygens (including phenoxy) is 1. The monoisotopic (exact) mass is 362 g/mol. The second-order valence-electron chi connectivity index (χ2n) is 6.41. The highest BCUT2D eigenvalue weighted by Crippen LogP contribution is 2.22. The maximum Gasteiger partial charge on any atom is 0.154 e. The number of anilines is 2. The molecule has 4 rings (SSSR count). The van der Waals surface area contributed by atoms with Crippen LogP contribution in [0.4, 0.5) is 11.6 Å². The van der Waals surface area contributed by atoms with Crippen LogP contribution in [0, 0.1) is 6.92 Å². The van der Waals surface area contributed by atoms with Crippen molar-refractivity contribution in [2.45, 2.75) is 13.0 Å². The van der Waals surface area contributed by atoms with Gasteiger partial charge in [-0.15, -0.1) is 0 Å². The summed E-state index contributed by atoms with van der Waals surface area (Å²) in [7, 11) is 0. The normalized spacial score (nSPS) is 17.3. The van der Waals surface area contributed by atoms with Crippen molar-refractivity contribution in [2.24, 2.45) is 0 Å². The quantitative estimate of drug-likeness (QED) is 0.646. The fourth-order valence-electron chi connectivity index (χ4n) is 2.89. The van der Waals surface area contributed by atoms with Crippen molar-refractivity contribution < 1.29 is 4.74 Å². The van der Waals surface area contributed by atoms with Crippen LogP contribution in [0.3, 0.4) is 0 Å². The zero-order chi connectivity index (χ0) is 18.5. The first-order chi connectivity index (χ1) is 13.3. The summed E-state index contributed by atoms with van der Waals surface area (Å²) in [6, 6.07) is 13.9. The van der Waals surface area contributed by atoms with Crippen LogP contribution in [0.1, 0.15) is 28.9 Å². The van der Waals surface area contributed by atoms with Crippen LogP contribution in [-0.4, -0.2) is 39.9 Å². The first-order valence-electron chi connectivity index (χ1n) is 9.00. The molecular weight excluding hydrogens is 340 g/mol. The number of hydrogen-bond acceptors (Lipinski definition) is 6. The summed E-state index contributed by atoms with van der Waals surface area (Å²) in [6.45, 7) is 4.23. The van der Waals surface area contributed by atoms with Crippen molar-refractivity contribution >= 4 is 23.8 Å². The zero-order valence-corrected chi connectivity index (χ0v) is 15.1. The highest BCUT2D eigenvalue weighted by atomic mass is 16.5. The van der Waals surface area contributed by atoms with Gasteiger partial charge in [0, 0.05) is 30.9 Å². The third kappa shape index (κ3) is 4.58. The summed E-state index contributed by atoms with van der Waals surface area (Å²) >= 11 is 0. The standard InChI is InChI=1S/C20H22N6O/c1-14-11-20(26-25-14)24-19-12-16(17-13-21-9-10-27-17)22-18(23-19)8-7-15-5-3-2-4-6-15/h2-8,11-12,17,21H,9-10,13H2,1H3,(H2,22,23,24,25,26)/b8-7+. The molecule has 0 amide bonds. The molecule has 1 aliphatic heterocycles. The number of aromatic amines is 1. The Morgan fingerprint density at radius 3 is 2.74 bits per heavy atom. The van der Waals surface area contributed by atoms with E-state index in [1.807, 2.05) is 61.5 Å². The Morgan fingerprint density at radius 2 is 2.00 bits per heavy atom. The van der Waals surface area contributed by atoms with Crippen molar-refractivity contribution in [3.63, 3.8) is 0 Å².